The van der Waals surface area contributed by atoms with Gasteiger partial charge < -0.3 is 15.4 Å². The number of thiazole rings is 1. The second-order valence-corrected chi connectivity index (χ2v) is 8.44. The summed E-state index contributed by atoms with van der Waals surface area (Å²) >= 11 is 3.57. The van der Waals surface area contributed by atoms with Gasteiger partial charge in [-0.1, -0.05) is 19.1 Å². The van der Waals surface area contributed by atoms with Gasteiger partial charge >= 0.3 is 0 Å². The average molecular weight is 521 g/mol. The molecule has 8 heteroatoms. The summed E-state index contributed by atoms with van der Waals surface area (Å²) < 4.78 is 5.41. The monoisotopic (exact) mass is 520 g/mol. The van der Waals surface area contributed by atoms with E-state index >= 15 is 0 Å². The van der Waals surface area contributed by atoms with Crippen LogP contribution in [-0.4, -0.2) is 43.9 Å². The average Bonchev–Trinajstić information content (AvgIpc) is 3.08. The number of methoxy groups -OCH3 is 1. The minimum Gasteiger partial charge on any atom is -0.496 e. The summed E-state index contributed by atoms with van der Waals surface area (Å²) in [7, 11) is 3.52. The van der Waals surface area contributed by atoms with E-state index in [9.17, 15) is 0 Å². The first-order valence-corrected chi connectivity index (χ1v) is 10.5. The van der Waals surface area contributed by atoms with Gasteiger partial charge in [0, 0.05) is 48.3 Å². The first-order valence-electron chi connectivity index (χ1n) is 8.74. The minimum atomic E-state index is 0. The van der Waals surface area contributed by atoms with Crippen LogP contribution in [-0.2, 0) is 6.42 Å². The topological polar surface area (TPSA) is 58.5 Å². The normalized spacial score (nSPS) is 12.2. The number of aliphatic imine (C=N–C) groups is 1. The van der Waals surface area contributed by atoms with Gasteiger partial charge in [0.2, 0.25) is 0 Å². The molecule has 5 nitrogen and oxygen atoms in total. The number of nitrogens with zero attached hydrogens (tertiary/aromatic N) is 2. The summed E-state index contributed by atoms with van der Waals surface area (Å²) in [6, 6.07) is 8.14. The molecule has 0 fully saturated rings. The molecule has 1 unspecified atom stereocenters. The lowest BCUT2D eigenvalue weighted by molar-refractivity contribution is 0.405. The molecule has 1 atom stereocenters. The molecule has 0 aliphatic heterocycles. The number of hydrogen-bond acceptors (Lipinski definition) is 5. The van der Waals surface area contributed by atoms with Crippen molar-refractivity contribution < 1.29 is 4.74 Å². The molecule has 2 rings (SSSR count). The van der Waals surface area contributed by atoms with E-state index in [0.29, 0.717) is 5.92 Å². The number of benzene rings is 1. The third kappa shape index (κ3) is 8.69. The van der Waals surface area contributed by atoms with Crippen molar-refractivity contribution >= 4 is 53.0 Å². The highest BCUT2D eigenvalue weighted by atomic mass is 127. The molecule has 2 aromatic rings. The number of para-hydroxylation sites is 1. The number of aromatic nitrogens is 1. The summed E-state index contributed by atoms with van der Waals surface area (Å²) in [5.41, 5.74) is 0. The highest BCUT2D eigenvalue weighted by molar-refractivity contribution is 14.0. The van der Waals surface area contributed by atoms with E-state index in [1.807, 2.05) is 36.2 Å². The largest absolute Gasteiger partial charge is 0.496 e. The molecule has 27 heavy (non-hydrogen) atoms. The van der Waals surface area contributed by atoms with Crippen LogP contribution in [0.25, 0.3) is 0 Å². The third-order valence-electron chi connectivity index (χ3n) is 3.73. The smallest absolute Gasteiger partial charge is 0.190 e. The Morgan fingerprint density at radius 3 is 2.78 bits per heavy atom. The highest BCUT2D eigenvalue weighted by Crippen LogP contribution is 2.29. The number of thioether (sulfide) groups is 1. The summed E-state index contributed by atoms with van der Waals surface area (Å²) in [6.45, 7) is 6.02. The second kappa shape index (κ2) is 13.2. The van der Waals surface area contributed by atoms with Gasteiger partial charge in [0.25, 0.3) is 0 Å². The van der Waals surface area contributed by atoms with Gasteiger partial charge in [0.1, 0.15) is 5.75 Å². The van der Waals surface area contributed by atoms with Gasteiger partial charge in [-0.05, 0) is 25.0 Å². The van der Waals surface area contributed by atoms with Crippen LogP contribution < -0.4 is 15.4 Å². The zero-order chi connectivity index (χ0) is 18.8. The molecule has 1 aromatic carbocycles. The van der Waals surface area contributed by atoms with E-state index in [1.54, 1.807) is 25.5 Å². The van der Waals surface area contributed by atoms with E-state index in [-0.39, 0.29) is 24.0 Å². The number of rotatable bonds is 9. The van der Waals surface area contributed by atoms with Gasteiger partial charge in [0.15, 0.2) is 5.96 Å². The van der Waals surface area contributed by atoms with Gasteiger partial charge in [0.05, 0.1) is 12.1 Å². The quantitative estimate of drug-likeness (QED) is 0.225. The van der Waals surface area contributed by atoms with Crippen molar-refractivity contribution in [1.82, 2.24) is 15.6 Å². The maximum absolute atomic E-state index is 5.41. The lowest BCUT2D eigenvalue weighted by atomic mass is 10.2. The Morgan fingerprint density at radius 2 is 2.11 bits per heavy atom. The fourth-order valence-electron chi connectivity index (χ4n) is 2.33. The molecule has 0 aliphatic rings. The number of ether oxygens (including phenoxy) is 1. The lowest BCUT2D eigenvalue weighted by Gasteiger charge is -2.16. The standard InChI is InChI=1S/C19H28N4OS2.HI/c1-14(13-25-17-8-6-5-7-16(17)24-4)11-23-19(20-3)21-10-9-18-22-12-15(2)26-18;/h5-8,12,14H,9-11,13H2,1-4H3,(H2,20,21,23);1H. The Morgan fingerprint density at radius 1 is 1.33 bits per heavy atom. The van der Waals surface area contributed by atoms with Crippen molar-refractivity contribution in [3.05, 3.63) is 40.3 Å². The number of aryl methyl sites for hydroxylation is 1. The number of hydrogen-bond donors (Lipinski definition) is 2. The van der Waals surface area contributed by atoms with Crippen LogP contribution in [0.4, 0.5) is 0 Å². The molecule has 0 saturated carbocycles. The first kappa shape index (κ1) is 24.0. The predicted octanol–water partition coefficient (Wildman–Crippen LogP) is 4.21. The molecule has 2 N–H and O–H groups in total. The van der Waals surface area contributed by atoms with Crippen LogP contribution in [0.1, 0.15) is 16.8 Å². The molecule has 0 bridgehead atoms. The molecule has 1 aromatic heterocycles. The van der Waals surface area contributed by atoms with Crippen LogP contribution in [0.3, 0.4) is 0 Å². The van der Waals surface area contributed by atoms with Crippen LogP contribution in [0.2, 0.25) is 0 Å². The number of halogens is 1. The molecule has 1 heterocycles. The van der Waals surface area contributed by atoms with Crippen LogP contribution >= 0.6 is 47.1 Å². The van der Waals surface area contributed by atoms with Crippen molar-refractivity contribution in [2.45, 2.75) is 25.2 Å². The number of nitrogens with one attached hydrogen (secondary N) is 2. The fourth-order valence-corrected chi connectivity index (χ4v) is 4.16. The van der Waals surface area contributed by atoms with Crippen molar-refractivity contribution in [3.63, 3.8) is 0 Å². The zero-order valence-corrected chi connectivity index (χ0v) is 20.3. The van der Waals surface area contributed by atoms with E-state index < -0.39 is 0 Å². The molecular weight excluding hydrogens is 491 g/mol. The maximum atomic E-state index is 5.41. The van der Waals surface area contributed by atoms with Gasteiger partial charge in [-0.25, -0.2) is 4.98 Å². The molecule has 0 spiro atoms. The first-order chi connectivity index (χ1) is 12.6. The predicted molar refractivity (Wildman–Crippen MR) is 128 cm³/mol. The van der Waals surface area contributed by atoms with E-state index in [1.165, 1.54) is 9.77 Å². The summed E-state index contributed by atoms with van der Waals surface area (Å²) in [6.07, 6.45) is 2.84. The van der Waals surface area contributed by atoms with E-state index in [2.05, 4.69) is 40.5 Å². The summed E-state index contributed by atoms with van der Waals surface area (Å²) in [5.74, 6) is 3.30. The van der Waals surface area contributed by atoms with Crippen molar-refractivity contribution in [1.29, 1.82) is 0 Å². The van der Waals surface area contributed by atoms with Gasteiger partial charge in [-0.2, -0.15) is 0 Å². The molecule has 0 radical (unpaired) electrons. The molecule has 0 saturated heterocycles. The second-order valence-electron chi connectivity index (χ2n) is 6.06. The third-order valence-corrected chi connectivity index (χ3v) is 6.09. The zero-order valence-electron chi connectivity index (χ0n) is 16.3. The lowest BCUT2D eigenvalue weighted by Crippen LogP contribution is -2.40. The molecular formula is C19H29IN4OS2. The van der Waals surface area contributed by atoms with E-state index in [0.717, 1.165) is 42.0 Å². The summed E-state index contributed by atoms with van der Waals surface area (Å²) in [5, 5.41) is 7.92. The molecule has 0 amide bonds. The Balaban J connectivity index is 0.00000364. The Bertz CT molecular complexity index is 709. The van der Waals surface area contributed by atoms with Gasteiger partial charge in [-0.15, -0.1) is 47.1 Å². The Labute approximate surface area is 187 Å². The van der Waals surface area contributed by atoms with Crippen molar-refractivity contribution in [2.75, 3.05) is 33.0 Å². The van der Waals surface area contributed by atoms with Crippen LogP contribution in [0, 0.1) is 12.8 Å². The summed E-state index contributed by atoms with van der Waals surface area (Å²) in [4.78, 5) is 11.1. The van der Waals surface area contributed by atoms with Crippen LogP contribution in [0.5, 0.6) is 5.75 Å². The molecule has 150 valence electrons. The maximum Gasteiger partial charge on any atom is 0.190 e. The van der Waals surface area contributed by atoms with Crippen molar-refractivity contribution in [2.24, 2.45) is 10.9 Å². The highest BCUT2D eigenvalue weighted by Gasteiger charge is 2.08. The molecule has 0 aliphatic carbocycles. The Kier molecular flexibility index (Phi) is 11.8. The minimum absolute atomic E-state index is 0. The fraction of sp³-hybridized carbons (Fsp3) is 0.474. The van der Waals surface area contributed by atoms with Crippen LogP contribution in [0.15, 0.2) is 40.4 Å². The number of guanidine groups is 1. The van der Waals surface area contributed by atoms with Crippen molar-refractivity contribution in [3.8, 4) is 5.75 Å². The van der Waals surface area contributed by atoms with Gasteiger partial charge in [-0.3, -0.25) is 4.99 Å². The SMILES string of the molecule is CN=C(NCCc1ncc(C)s1)NCC(C)CSc1ccccc1OC.I. The Hall–Kier alpha value is -1.000. The van der Waals surface area contributed by atoms with E-state index in [4.69, 9.17) is 4.74 Å².